The standard InChI is InChI=1S/C14H10ClN3O2/c15-10-4-1-2-5-11(10)18-14(16)9(8-17-18)13(19)12-6-3-7-20-12/h1-8H,16H2. The quantitative estimate of drug-likeness (QED) is 0.752. The molecule has 3 rings (SSSR count). The monoisotopic (exact) mass is 287 g/mol. The summed E-state index contributed by atoms with van der Waals surface area (Å²) in [5.41, 5.74) is 6.88. The van der Waals surface area contributed by atoms with Crippen LogP contribution >= 0.6 is 11.6 Å². The van der Waals surface area contributed by atoms with E-state index in [-0.39, 0.29) is 22.9 Å². The number of rotatable bonds is 3. The summed E-state index contributed by atoms with van der Waals surface area (Å²) in [7, 11) is 0. The summed E-state index contributed by atoms with van der Waals surface area (Å²) in [4.78, 5) is 12.2. The Bertz CT molecular complexity index is 763. The van der Waals surface area contributed by atoms with Gasteiger partial charge in [0.25, 0.3) is 0 Å². The Morgan fingerprint density at radius 3 is 2.75 bits per heavy atom. The fourth-order valence-corrected chi connectivity index (χ4v) is 2.10. The van der Waals surface area contributed by atoms with Gasteiger partial charge in [0.1, 0.15) is 5.82 Å². The van der Waals surface area contributed by atoms with E-state index >= 15 is 0 Å². The molecule has 0 spiro atoms. The highest BCUT2D eigenvalue weighted by molar-refractivity contribution is 6.32. The van der Waals surface area contributed by atoms with Gasteiger partial charge in [0, 0.05) is 0 Å². The number of hydrogen-bond acceptors (Lipinski definition) is 4. The van der Waals surface area contributed by atoms with Gasteiger partial charge < -0.3 is 10.2 Å². The maximum absolute atomic E-state index is 12.2. The Labute approximate surface area is 119 Å². The number of halogens is 1. The van der Waals surface area contributed by atoms with Gasteiger partial charge in [-0.3, -0.25) is 4.79 Å². The Morgan fingerprint density at radius 2 is 2.05 bits per heavy atom. The molecule has 0 unspecified atom stereocenters. The Hall–Kier alpha value is -2.53. The van der Waals surface area contributed by atoms with E-state index in [4.69, 9.17) is 21.8 Å². The third kappa shape index (κ3) is 1.98. The lowest BCUT2D eigenvalue weighted by Crippen LogP contribution is -2.07. The molecule has 5 nitrogen and oxygen atoms in total. The molecule has 6 heteroatoms. The van der Waals surface area contributed by atoms with Gasteiger partial charge >= 0.3 is 0 Å². The Morgan fingerprint density at radius 1 is 1.25 bits per heavy atom. The number of furan rings is 1. The minimum atomic E-state index is -0.314. The van der Waals surface area contributed by atoms with Crippen LogP contribution in [0, 0.1) is 0 Å². The van der Waals surface area contributed by atoms with E-state index in [1.807, 2.05) is 6.07 Å². The molecule has 0 atom stereocenters. The van der Waals surface area contributed by atoms with Crippen molar-refractivity contribution < 1.29 is 9.21 Å². The van der Waals surface area contributed by atoms with Crippen molar-refractivity contribution in [3.63, 3.8) is 0 Å². The summed E-state index contributed by atoms with van der Waals surface area (Å²) in [5.74, 6) is 0.126. The molecule has 0 aliphatic rings. The van der Waals surface area contributed by atoms with Crippen molar-refractivity contribution in [2.45, 2.75) is 0 Å². The lowest BCUT2D eigenvalue weighted by atomic mass is 10.2. The predicted molar refractivity (Wildman–Crippen MR) is 75.1 cm³/mol. The molecule has 2 aromatic heterocycles. The SMILES string of the molecule is Nc1c(C(=O)c2ccco2)cnn1-c1ccccc1Cl. The molecule has 0 aliphatic heterocycles. The molecule has 0 saturated carbocycles. The van der Waals surface area contributed by atoms with Crippen LogP contribution in [-0.4, -0.2) is 15.6 Å². The summed E-state index contributed by atoms with van der Waals surface area (Å²) in [6, 6.07) is 10.3. The number of ketones is 1. The van der Waals surface area contributed by atoms with Crippen LogP contribution in [0.1, 0.15) is 16.1 Å². The third-order valence-corrected chi connectivity index (χ3v) is 3.20. The van der Waals surface area contributed by atoms with Crippen LogP contribution in [0.4, 0.5) is 5.82 Å². The smallest absolute Gasteiger partial charge is 0.233 e. The van der Waals surface area contributed by atoms with Crippen LogP contribution in [0.3, 0.4) is 0 Å². The third-order valence-electron chi connectivity index (χ3n) is 2.88. The first-order valence-corrected chi connectivity index (χ1v) is 6.23. The summed E-state index contributed by atoms with van der Waals surface area (Å²) in [6.07, 6.45) is 2.84. The van der Waals surface area contributed by atoms with E-state index < -0.39 is 0 Å². The Kier molecular flexibility index (Phi) is 3.04. The first kappa shape index (κ1) is 12.5. The molecule has 0 fully saturated rings. The fourth-order valence-electron chi connectivity index (χ4n) is 1.89. The minimum Gasteiger partial charge on any atom is -0.461 e. The van der Waals surface area contributed by atoms with Crippen LogP contribution in [0.15, 0.2) is 53.3 Å². The number of nitrogens with two attached hydrogens (primary N) is 1. The van der Waals surface area contributed by atoms with Gasteiger partial charge in [-0.15, -0.1) is 0 Å². The fraction of sp³-hybridized carbons (Fsp3) is 0. The number of benzene rings is 1. The molecule has 2 N–H and O–H groups in total. The van der Waals surface area contributed by atoms with Crippen molar-refractivity contribution >= 4 is 23.2 Å². The first-order chi connectivity index (χ1) is 9.68. The molecular formula is C14H10ClN3O2. The lowest BCUT2D eigenvalue weighted by Gasteiger charge is -2.06. The van der Waals surface area contributed by atoms with Gasteiger partial charge in [0.05, 0.1) is 28.7 Å². The number of carbonyl (C=O) groups is 1. The number of hydrogen-bond donors (Lipinski definition) is 1. The number of nitrogens with zero attached hydrogens (tertiary/aromatic N) is 2. The van der Waals surface area contributed by atoms with E-state index in [9.17, 15) is 4.79 Å². The molecule has 2 heterocycles. The summed E-state index contributed by atoms with van der Waals surface area (Å²) >= 11 is 6.10. The van der Waals surface area contributed by atoms with E-state index in [2.05, 4.69) is 5.10 Å². The van der Waals surface area contributed by atoms with Crippen molar-refractivity contribution in [2.75, 3.05) is 5.73 Å². The van der Waals surface area contributed by atoms with Crippen molar-refractivity contribution in [1.29, 1.82) is 0 Å². The predicted octanol–water partition coefficient (Wildman–Crippen LogP) is 2.93. The van der Waals surface area contributed by atoms with Crippen LogP contribution < -0.4 is 5.73 Å². The molecule has 1 aromatic carbocycles. The number of carbonyl (C=O) groups excluding carboxylic acids is 1. The van der Waals surface area contributed by atoms with Crippen LogP contribution in [0.5, 0.6) is 0 Å². The summed E-state index contributed by atoms with van der Waals surface area (Å²) in [5, 5.41) is 4.62. The minimum absolute atomic E-state index is 0.218. The maximum atomic E-state index is 12.2. The average Bonchev–Trinajstić information content (AvgIpc) is 3.09. The second-order valence-corrected chi connectivity index (χ2v) is 4.52. The van der Waals surface area contributed by atoms with Gasteiger partial charge in [-0.05, 0) is 24.3 Å². The molecule has 0 radical (unpaired) electrons. The van der Waals surface area contributed by atoms with Crippen molar-refractivity contribution in [3.8, 4) is 5.69 Å². The van der Waals surface area contributed by atoms with Gasteiger partial charge in [-0.1, -0.05) is 23.7 Å². The largest absolute Gasteiger partial charge is 0.461 e. The zero-order chi connectivity index (χ0) is 14.1. The number of nitrogen functional groups attached to an aromatic ring is 1. The highest BCUT2D eigenvalue weighted by Gasteiger charge is 2.20. The zero-order valence-electron chi connectivity index (χ0n) is 10.3. The van der Waals surface area contributed by atoms with Crippen LogP contribution in [-0.2, 0) is 0 Å². The van der Waals surface area contributed by atoms with Crippen LogP contribution in [0.25, 0.3) is 5.69 Å². The molecule has 0 aliphatic carbocycles. The number of anilines is 1. The number of aromatic nitrogens is 2. The van der Waals surface area contributed by atoms with Crippen molar-refractivity contribution in [1.82, 2.24) is 9.78 Å². The van der Waals surface area contributed by atoms with Gasteiger partial charge in [-0.2, -0.15) is 5.10 Å². The second-order valence-electron chi connectivity index (χ2n) is 4.11. The van der Waals surface area contributed by atoms with Crippen LogP contribution in [0.2, 0.25) is 5.02 Å². The van der Waals surface area contributed by atoms with Gasteiger partial charge in [0.2, 0.25) is 5.78 Å². The average molecular weight is 288 g/mol. The van der Waals surface area contributed by atoms with E-state index in [1.54, 1.807) is 30.3 Å². The molecule has 0 bridgehead atoms. The van der Waals surface area contributed by atoms with Gasteiger partial charge in [-0.25, -0.2) is 4.68 Å². The molecule has 0 saturated heterocycles. The molecule has 20 heavy (non-hydrogen) atoms. The lowest BCUT2D eigenvalue weighted by molar-refractivity contribution is 0.101. The zero-order valence-corrected chi connectivity index (χ0v) is 11.0. The maximum Gasteiger partial charge on any atom is 0.233 e. The van der Waals surface area contributed by atoms with Crippen molar-refractivity contribution in [2.24, 2.45) is 0 Å². The normalized spacial score (nSPS) is 10.7. The first-order valence-electron chi connectivity index (χ1n) is 5.85. The van der Waals surface area contributed by atoms with E-state index in [1.165, 1.54) is 17.1 Å². The Balaban J connectivity index is 2.06. The molecule has 100 valence electrons. The van der Waals surface area contributed by atoms with E-state index in [0.29, 0.717) is 10.7 Å². The van der Waals surface area contributed by atoms with Crippen molar-refractivity contribution in [3.05, 3.63) is 65.2 Å². The van der Waals surface area contributed by atoms with Gasteiger partial charge in [0.15, 0.2) is 5.76 Å². The number of para-hydroxylation sites is 1. The van der Waals surface area contributed by atoms with E-state index in [0.717, 1.165) is 0 Å². The highest BCUT2D eigenvalue weighted by atomic mass is 35.5. The second kappa shape index (κ2) is 4.86. The topological polar surface area (TPSA) is 74.1 Å². The summed E-state index contributed by atoms with van der Waals surface area (Å²) in [6.45, 7) is 0. The summed E-state index contributed by atoms with van der Waals surface area (Å²) < 4.78 is 6.50. The molecule has 3 aromatic rings. The molecular weight excluding hydrogens is 278 g/mol. The molecule has 0 amide bonds. The highest BCUT2D eigenvalue weighted by Crippen LogP contribution is 2.25.